The van der Waals surface area contributed by atoms with Crippen molar-refractivity contribution < 1.29 is 4.79 Å². The first-order valence-electron chi connectivity index (χ1n) is 5.52. The van der Waals surface area contributed by atoms with Gasteiger partial charge in [0.1, 0.15) is 12.1 Å². The van der Waals surface area contributed by atoms with E-state index < -0.39 is 22.8 Å². The van der Waals surface area contributed by atoms with Crippen molar-refractivity contribution in [3.05, 3.63) is 0 Å². The molecule has 0 radical (unpaired) electrons. The molecule has 0 saturated carbocycles. The fourth-order valence-electron chi connectivity index (χ4n) is 2.44. The van der Waals surface area contributed by atoms with Crippen LogP contribution in [-0.4, -0.2) is 35.6 Å². The highest BCUT2D eigenvalue weighted by Crippen LogP contribution is 2.47. The minimum absolute atomic E-state index is 0.0651. The molecule has 7 heteroatoms. The molecule has 96 valence electrons. The van der Waals surface area contributed by atoms with Gasteiger partial charge in [0, 0.05) is 26.4 Å². The number of hydrogen-bond acceptors (Lipinski definition) is 6. The first-order valence-corrected chi connectivity index (χ1v) is 5.52. The zero-order valence-electron chi connectivity index (χ0n) is 10.9. The van der Waals surface area contributed by atoms with Gasteiger partial charge in [-0.05, 0) is 0 Å². The second kappa shape index (κ2) is 4.58. The van der Waals surface area contributed by atoms with Gasteiger partial charge in [-0.1, -0.05) is 6.92 Å². The highest BCUT2D eigenvalue weighted by atomic mass is 16.2. The third-order valence-electron chi connectivity index (χ3n) is 3.42. The Hall–Kier alpha value is -2.61. The smallest absolute Gasteiger partial charge is 0.262 e. The molecule has 19 heavy (non-hydrogen) atoms. The minimum atomic E-state index is -2.14. The Morgan fingerprint density at radius 2 is 1.63 bits per heavy atom. The average Bonchev–Trinajstić information content (AvgIpc) is 2.37. The monoisotopic (exact) mass is 256 g/mol. The van der Waals surface area contributed by atoms with Gasteiger partial charge in [-0.2, -0.15) is 21.0 Å². The lowest BCUT2D eigenvalue weighted by Crippen LogP contribution is -2.69. The minimum Gasteiger partial charge on any atom is -0.273 e. The van der Waals surface area contributed by atoms with E-state index in [2.05, 4.69) is 0 Å². The largest absolute Gasteiger partial charge is 0.273 e. The summed E-state index contributed by atoms with van der Waals surface area (Å²) in [5, 5.41) is 39.7. The summed E-state index contributed by atoms with van der Waals surface area (Å²) in [6.07, 6.45) is -0.0651. The lowest BCUT2D eigenvalue weighted by Gasteiger charge is -2.49. The number of rotatable bonds is 1. The molecule has 0 aromatic heterocycles. The Kier molecular flexibility index (Phi) is 3.48. The summed E-state index contributed by atoms with van der Waals surface area (Å²) in [5.74, 6) is -1.16. The third kappa shape index (κ3) is 1.54. The van der Waals surface area contributed by atoms with Crippen LogP contribution in [0.25, 0.3) is 0 Å². The fraction of sp³-hybridized carbons (Fsp3) is 0.583. The number of nitrogens with zero attached hydrogens (tertiary/aromatic N) is 6. The van der Waals surface area contributed by atoms with Crippen LogP contribution >= 0.6 is 0 Å². The Labute approximate surface area is 111 Å². The Balaban J connectivity index is 3.72. The molecule has 0 aromatic carbocycles. The van der Waals surface area contributed by atoms with Crippen LogP contribution in [0.4, 0.5) is 0 Å². The van der Waals surface area contributed by atoms with E-state index >= 15 is 0 Å². The van der Waals surface area contributed by atoms with E-state index in [1.807, 2.05) is 0 Å². The molecular formula is C12H12N6O. The number of carbonyl (C=O) groups is 1. The van der Waals surface area contributed by atoms with Crippen molar-refractivity contribution in [1.82, 2.24) is 10.0 Å². The van der Waals surface area contributed by atoms with Gasteiger partial charge in [-0.3, -0.25) is 4.79 Å². The van der Waals surface area contributed by atoms with Gasteiger partial charge in [-0.25, -0.2) is 10.0 Å². The zero-order valence-corrected chi connectivity index (χ0v) is 10.9. The van der Waals surface area contributed by atoms with E-state index in [-0.39, 0.29) is 6.42 Å². The summed E-state index contributed by atoms with van der Waals surface area (Å²) in [5.41, 5.74) is -4.02. The van der Waals surface area contributed by atoms with Crippen LogP contribution in [0, 0.1) is 56.7 Å². The van der Waals surface area contributed by atoms with E-state index in [1.54, 1.807) is 24.3 Å². The first kappa shape index (κ1) is 14.5. The van der Waals surface area contributed by atoms with Crippen molar-refractivity contribution in [3.63, 3.8) is 0 Å². The highest BCUT2D eigenvalue weighted by Gasteiger charge is 2.66. The van der Waals surface area contributed by atoms with Gasteiger partial charge in [0.15, 0.2) is 5.41 Å². The topological polar surface area (TPSA) is 119 Å². The Morgan fingerprint density at radius 1 is 1.16 bits per heavy atom. The van der Waals surface area contributed by atoms with Crippen LogP contribution in [0.15, 0.2) is 0 Å². The molecule has 0 aromatic rings. The molecule has 7 nitrogen and oxygen atoms in total. The molecule has 0 unspecified atom stereocenters. The molecule has 1 saturated heterocycles. The molecule has 1 aliphatic rings. The van der Waals surface area contributed by atoms with Crippen molar-refractivity contribution in [2.75, 3.05) is 14.1 Å². The summed E-state index contributed by atoms with van der Waals surface area (Å²) in [6.45, 7) is 1.53. The summed E-state index contributed by atoms with van der Waals surface area (Å²) < 4.78 is 0. The number of carbonyl (C=O) groups excluding carboxylic acids is 1. The zero-order chi connectivity index (χ0) is 14.8. The van der Waals surface area contributed by atoms with Gasteiger partial charge >= 0.3 is 0 Å². The van der Waals surface area contributed by atoms with Crippen molar-refractivity contribution >= 4 is 5.91 Å². The van der Waals surface area contributed by atoms with Crippen molar-refractivity contribution in [1.29, 1.82) is 21.0 Å². The molecule has 1 atom stereocenters. The average molecular weight is 256 g/mol. The van der Waals surface area contributed by atoms with Crippen LogP contribution in [0.3, 0.4) is 0 Å². The van der Waals surface area contributed by atoms with E-state index in [0.29, 0.717) is 0 Å². The summed E-state index contributed by atoms with van der Waals surface area (Å²) in [4.78, 5) is 12.1. The lowest BCUT2D eigenvalue weighted by atomic mass is 9.61. The number of piperidine rings is 1. The van der Waals surface area contributed by atoms with Gasteiger partial charge in [-0.15, -0.1) is 0 Å². The van der Waals surface area contributed by atoms with Crippen LogP contribution in [0.5, 0.6) is 0 Å². The van der Waals surface area contributed by atoms with Crippen molar-refractivity contribution in [2.24, 2.45) is 11.3 Å². The maximum Gasteiger partial charge on any atom is 0.262 e. The van der Waals surface area contributed by atoms with Crippen LogP contribution in [0.2, 0.25) is 0 Å². The predicted octanol–water partition coefficient (Wildman–Crippen LogP) is 0.151. The molecular weight excluding hydrogens is 244 g/mol. The van der Waals surface area contributed by atoms with Crippen LogP contribution < -0.4 is 0 Å². The first-order chi connectivity index (χ1) is 8.86. The second-order valence-electron chi connectivity index (χ2n) is 4.62. The maximum atomic E-state index is 12.1. The fourth-order valence-corrected chi connectivity index (χ4v) is 2.44. The summed E-state index contributed by atoms with van der Waals surface area (Å²) in [7, 11) is 2.97. The SMILES string of the molecule is C[C@@H]1CC(=O)N(N(C)C)C(C#N)(C#N)C1(C#N)C#N. The van der Waals surface area contributed by atoms with Gasteiger partial charge < -0.3 is 0 Å². The lowest BCUT2D eigenvalue weighted by molar-refractivity contribution is -0.167. The van der Waals surface area contributed by atoms with E-state index in [0.717, 1.165) is 5.01 Å². The molecule has 1 fully saturated rings. The molecule has 0 N–H and O–H groups in total. The Bertz CT molecular complexity index is 539. The van der Waals surface area contributed by atoms with Gasteiger partial charge in [0.2, 0.25) is 5.91 Å². The predicted molar refractivity (Wildman–Crippen MR) is 61.9 cm³/mol. The van der Waals surface area contributed by atoms with E-state index in [1.165, 1.54) is 26.0 Å². The number of hydrogen-bond donors (Lipinski definition) is 0. The molecule has 0 aliphatic carbocycles. The normalized spacial score (nSPS) is 23.9. The van der Waals surface area contributed by atoms with Crippen LogP contribution in [0.1, 0.15) is 13.3 Å². The van der Waals surface area contributed by atoms with E-state index in [4.69, 9.17) is 0 Å². The summed E-state index contributed by atoms with van der Waals surface area (Å²) in [6, 6.07) is 7.00. The quantitative estimate of drug-likeness (QED) is 0.658. The van der Waals surface area contributed by atoms with Crippen molar-refractivity contribution in [2.45, 2.75) is 18.9 Å². The van der Waals surface area contributed by atoms with E-state index in [9.17, 15) is 25.8 Å². The molecule has 1 aliphatic heterocycles. The second-order valence-corrected chi connectivity index (χ2v) is 4.62. The standard InChI is InChI=1S/C12H12N6O/c1-9-4-10(19)18(17(2)3)12(7-15,8-16)11(9,5-13)6-14/h9H,4H2,1-3H3/t9-/m1/s1. The molecule has 1 rings (SSSR count). The molecule has 0 spiro atoms. The van der Waals surface area contributed by atoms with Crippen molar-refractivity contribution in [3.8, 4) is 24.3 Å². The molecule has 0 bridgehead atoms. The Morgan fingerprint density at radius 3 is 1.95 bits per heavy atom. The summed E-state index contributed by atoms with van der Waals surface area (Å²) >= 11 is 0. The van der Waals surface area contributed by atoms with Crippen LogP contribution in [-0.2, 0) is 4.79 Å². The molecule has 1 heterocycles. The van der Waals surface area contributed by atoms with Gasteiger partial charge in [0.05, 0.1) is 12.1 Å². The molecule has 1 amide bonds. The number of nitriles is 4. The number of amides is 1. The highest BCUT2D eigenvalue weighted by molar-refractivity contribution is 5.81. The maximum absolute atomic E-state index is 12.1. The van der Waals surface area contributed by atoms with Gasteiger partial charge in [0.25, 0.3) is 5.54 Å². The number of hydrazine groups is 1. The third-order valence-corrected chi connectivity index (χ3v) is 3.42.